The van der Waals surface area contributed by atoms with Crippen LogP contribution in [-0.4, -0.2) is 53.5 Å². The van der Waals surface area contributed by atoms with Crippen molar-refractivity contribution in [3.63, 3.8) is 0 Å². The number of nitrogens with one attached hydrogen (secondary N) is 1. The molecule has 0 atom stereocenters. The minimum absolute atomic E-state index is 0.0496. The van der Waals surface area contributed by atoms with Gasteiger partial charge in [-0.1, -0.05) is 29.4 Å². The summed E-state index contributed by atoms with van der Waals surface area (Å²) in [5, 5.41) is 4.09. The van der Waals surface area contributed by atoms with Crippen molar-refractivity contribution in [3.05, 3.63) is 65.3 Å². The number of thioether (sulfide) groups is 1. The van der Waals surface area contributed by atoms with Crippen molar-refractivity contribution in [1.82, 2.24) is 14.9 Å². The quantitative estimate of drug-likeness (QED) is 0.195. The Hall–Kier alpha value is -2.53. The largest absolute Gasteiger partial charge is 0.456 e. The van der Waals surface area contributed by atoms with Crippen molar-refractivity contribution >= 4 is 34.9 Å². The number of rotatable bonds is 9. The van der Waals surface area contributed by atoms with Crippen molar-refractivity contribution in [2.45, 2.75) is 17.8 Å². The molecule has 0 spiro atoms. The van der Waals surface area contributed by atoms with Gasteiger partial charge in [0.05, 0.1) is 23.8 Å². The van der Waals surface area contributed by atoms with E-state index in [9.17, 15) is 13.2 Å². The summed E-state index contributed by atoms with van der Waals surface area (Å²) in [6.07, 6.45) is -1.73. The number of hydrogen-bond donors (Lipinski definition) is 1. The summed E-state index contributed by atoms with van der Waals surface area (Å²) in [5.74, 6) is 1.82. The lowest BCUT2D eigenvalue weighted by Crippen LogP contribution is -2.36. The molecule has 11 heteroatoms. The Labute approximate surface area is 210 Å². The highest BCUT2D eigenvalue weighted by atomic mass is 35.5. The highest BCUT2D eigenvalue weighted by molar-refractivity contribution is 7.99. The monoisotopic (exact) mass is 524 g/mol. The molecule has 35 heavy (non-hydrogen) atoms. The van der Waals surface area contributed by atoms with E-state index >= 15 is 0 Å². The van der Waals surface area contributed by atoms with Gasteiger partial charge in [0.2, 0.25) is 0 Å². The van der Waals surface area contributed by atoms with Crippen LogP contribution in [0.2, 0.25) is 5.02 Å². The van der Waals surface area contributed by atoms with Crippen LogP contribution in [0.5, 0.6) is 11.5 Å². The van der Waals surface area contributed by atoms with E-state index in [1.165, 1.54) is 12.1 Å². The van der Waals surface area contributed by atoms with Crippen LogP contribution in [0.15, 0.2) is 59.9 Å². The van der Waals surface area contributed by atoms with Gasteiger partial charge in [-0.15, -0.1) is 0 Å². The summed E-state index contributed by atoms with van der Waals surface area (Å²) in [6.45, 7) is 4.58. The van der Waals surface area contributed by atoms with Crippen LogP contribution in [-0.2, 0) is 10.9 Å². The minimum atomic E-state index is -4.45. The van der Waals surface area contributed by atoms with Crippen molar-refractivity contribution in [1.29, 1.82) is 0 Å². The second-order valence-corrected chi connectivity index (χ2v) is 9.25. The van der Waals surface area contributed by atoms with Gasteiger partial charge in [0.15, 0.2) is 5.16 Å². The third-order valence-corrected chi connectivity index (χ3v) is 6.42. The third-order valence-electron chi connectivity index (χ3n) is 5.18. The first-order valence-electron chi connectivity index (χ1n) is 11.0. The molecule has 0 saturated carbocycles. The van der Waals surface area contributed by atoms with E-state index in [1.807, 2.05) is 0 Å². The highest BCUT2D eigenvalue weighted by Gasteiger charge is 2.30. The first-order chi connectivity index (χ1) is 16.9. The molecule has 0 amide bonds. The van der Waals surface area contributed by atoms with E-state index in [0.717, 1.165) is 57.2 Å². The van der Waals surface area contributed by atoms with Gasteiger partial charge >= 0.3 is 6.18 Å². The fraction of sp³-hybridized carbons (Fsp3) is 0.333. The Morgan fingerprint density at radius 2 is 1.94 bits per heavy atom. The average Bonchev–Trinajstić information content (AvgIpc) is 2.84. The Kier molecular flexibility index (Phi) is 8.72. The van der Waals surface area contributed by atoms with Crippen LogP contribution in [0.3, 0.4) is 0 Å². The highest BCUT2D eigenvalue weighted by Crippen LogP contribution is 2.35. The molecular weight excluding hydrogens is 501 g/mol. The predicted molar refractivity (Wildman–Crippen MR) is 131 cm³/mol. The average molecular weight is 525 g/mol. The fourth-order valence-electron chi connectivity index (χ4n) is 3.43. The molecule has 1 aromatic heterocycles. The smallest absolute Gasteiger partial charge is 0.416 e. The molecule has 1 fully saturated rings. The summed E-state index contributed by atoms with van der Waals surface area (Å²) in [4.78, 5) is 11.2. The standard InChI is InChI=1S/C24H24ClF3N4O2S/c25-20-16-18(5-6-21(20)34-19-4-1-3-17(15-19)24(26,27)28)30-22-7-8-29-23(31-22)35-14-2-9-32-10-12-33-13-11-32/h1,3-8,15-16H,2,9-14H2,(H,29,30,31). The molecule has 0 radical (unpaired) electrons. The number of alkyl halides is 3. The van der Waals surface area contributed by atoms with Crippen LogP contribution >= 0.6 is 23.4 Å². The number of hydrogen-bond acceptors (Lipinski definition) is 7. The first kappa shape index (κ1) is 25.6. The lowest BCUT2D eigenvalue weighted by atomic mass is 10.2. The summed E-state index contributed by atoms with van der Waals surface area (Å²) in [5.41, 5.74) is -0.128. The third kappa shape index (κ3) is 7.73. The molecule has 1 saturated heterocycles. The van der Waals surface area contributed by atoms with Crippen molar-refractivity contribution in [2.24, 2.45) is 0 Å². The van der Waals surface area contributed by atoms with Crippen molar-refractivity contribution in [3.8, 4) is 11.5 Å². The van der Waals surface area contributed by atoms with Crippen LogP contribution in [0, 0.1) is 0 Å². The van der Waals surface area contributed by atoms with E-state index in [-0.39, 0.29) is 16.5 Å². The molecule has 2 aromatic carbocycles. The predicted octanol–water partition coefficient (Wildman–Crippen LogP) is 6.50. The zero-order valence-electron chi connectivity index (χ0n) is 18.7. The van der Waals surface area contributed by atoms with Crippen molar-refractivity contribution < 1.29 is 22.6 Å². The number of nitrogens with zero attached hydrogens (tertiary/aromatic N) is 3. The minimum Gasteiger partial charge on any atom is -0.456 e. The van der Waals surface area contributed by atoms with E-state index in [0.29, 0.717) is 16.7 Å². The molecule has 0 aliphatic carbocycles. The molecular formula is C24H24ClF3N4O2S. The summed E-state index contributed by atoms with van der Waals surface area (Å²) in [7, 11) is 0. The molecule has 4 rings (SSSR count). The molecule has 1 aliphatic rings. The fourth-order valence-corrected chi connectivity index (χ4v) is 4.40. The molecule has 2 heterocycles. The number of anilines is 2. The zero-order valence-corrected chi connectivity index (χ0v) is 20.3. The van der Waals surface area contributed by atoms with Gasteiger partial charge < -0.3 is 14.8 Å². The maximum Gasteiger partial charge on any atom is 0.416 e. The maximum absolute atomic E-state index is 12.9. The molecule has 1 aliphatic heterocycles. The second kappa shape index (κ2) is 11.9. The summed E-state index contributed by atoms with van der Waals surface area (Å²) >= 11 is 7.92. The van der Waals surface area contributed by atoms with E-state index in [4.69, 9.17) is 21.1 Å². The number of morpholine rings is 1. The SMILES string of the molecule is FC(F)(F)c1cccc(Oc2ccc(Nc3ccnc(SCCCN4CCOCC4)n3)cc2Cl)c1. The van der Waals surface area contributed by atoms with Gasteiger partial charge in [0.1, 0.15) is 17.3 Å². The Balaban J connectivity index is 1.32. The topological polar surface area (TPSA) is 59.5 Å². The molecule has 3 aromatic rings. The Morgan fingerprint density at radius 1 is 1.11 bits per heavy atom. The zero-order chi connectivity index (χ0) is 24.7. The summed E-state index contributed by atoms with van der Waals surface area (Å²) in [6, 6.07) is 11.3. The van der Waals surface area contributed by atoms with E-state index in [1.54, 1.807) is 42.2 Å². The van der Waals surface area contributed by atoms with E-state index in [2.05, 4.69) is 20.2 Å². The van der Waals surface area contributed by atoms with Gasteiger partial charge in [0, 0.05) is 30.7 Å². The lowest BCUT2D eigenvalue weighted by molar-refractivity contribution is -0.137. The second-order valence-electron chi connectivity index (χ2n) is 7.78. The molecule has 186 valence electrons. The van der Waals surface area contributed by atoms with Gasteiger partial charge in [-0.3, -0.25) is 4.90 Å². The molecule has 6 nitrogen and oxygen atoms in total. The Morgan fingerprint density at radius 3 is 2.71 bits per heavy atom. The van der Waals surface area contributed by atoms with Crippen LogP contribution in [0.4, 0.5) is 24.7 Å². The van der Waals surface area contributed by atoms with E-state index < -0.39 is 11.7 Å². The normalized spacial score (nSPS) is 14.6. The Bertz CT molecular complexity index is 1130. The lowest BCUT2D eigenvalue weighted by Gasteiger charge is -2.26. The van der Waals surface area contributed by atoms with Crippen molar-refractivity contribution in [2.75, 3.05) is 43.9 Å². The van der Waals surface area contributed by atoms with Crippen LogP contribution in [0.25, 0.3) is 0 Å². The first-order valence-corrected chi connectivity index (χ1v) is 12.4. The number of benzene rings is 2. The number of halogens is 4. The molecule has 0 bridgehead atoms. The number of ether oxygens (including phenoxy) is 2. The van der Waals surface area contributed by atoms with Crippen LogP contribution < -0.4 is 10.1 Å². The summed E-state index contributed by atoms with van der Waals surface area (Å²) < 4.78 is 49.7. The molecule has 1 N–H and O–H groups in total. The molecule has 0 unspecified atom stereocenters. The van der Waals surface area contributed by atoms with Gasteiger partial charge in [-0.25, -0.2) is 9.97 Å². The van der Waals surface area contributed by atoms with Crippen LogP contribution in [0.1, 0.15) is 12.0 Å². The van der Waals surface area contributed by atoms with Gasteiger partial charge in [-0.2, -0.15) is 13.2 Å². The van der Waals surface area contributed by atoms with Gasteiger partial charge in [0.25, 0.3) is 0 Å². The number of aromatic nitrogens is 2. The maximum atomic E-state index is 12.9. The van der Waals surface area contributed by atoms with Gasteiger partial charge in [-0.05, 0) is 55.4 Å².